The van der Waals surface area contributed by atoms with Crippen molar-refractivity contribution < 1.29 is 18.3 Å². The van der Waals surface area contributed by atoms with Gasteiger partial charge in [-0.2, -0.15) is 0 Å². The second-order valence-corrected chi connectivity index (χ2v) is 4.06. The normalized spacial score (nSPS) is 10.3. The van der Waals surface area contributed by atoms with Crippen molar-refractivity contribution in [1.29, 1.82) is 0 Å². The van der Waals surface area contributed by atoms with Crippen LogP contribution in [0.5, 0.6) is 11.5 Å². The van der Waals surface area contributed by atoms with Crippen molar-refractivity contribution >= 4 is 0 Å². The monoisotopic (exact) mass is 264 g/mol. The van der Waals surface area contributed by atoms with Crippen LogP contribution in [0.4, 0.5) is 8.78 Å². The maximum absolute atomic E-state index is 13.0. The van der Waals surface area contributed by atoms with Crippen molar-refractivity contribution in [3.63, 3.8) is 0 Å². The van der Waals surface area contributed by atoms with Crippen molar-refractivity contribution in [2.75, 3.05) is 13.2 Å². The van der Waals surface area contributed by atoms with Gasteiger partial charge < -0.3 is 9.47 Å². The van der Waals surface area contributed by atoms with E-state index in [0.717, 1.165) is 0 Å². The summed E-state index contributed by atoms with van der Waals surface area (Å²) < 4.78 is 36.5. The molecule has 2 rings (SSSR count). The number of hydrogen-bond acceptors (Lipinski definition) is 2. The fourth-order valence-corrected chi connectivity index (χ4v) is 1.56. The second-order valence-electron chi connectivity index (χ2n) is 4.06. The molecule has 0 heterocycles. The smallest absolute Gasteiger partial charge is 0.126 e. The Morgan fingerprint density at radius 1 is 0.842 bits per heavy atom. The molecular weight excluding hydrogens is 250 g/mol. The molecule has 2 aromatic rings. The molecule has 2 aromatic carbocycles. The van der Waals surface area contributed by atoms with Gasteiger partial charge >= 0.3 is 0 Å². The molecule has 0 spiro atoms. The van der Waals surface area contributed by atoms with Crippen LogP contribution in [0.25, 0.3) is 0 Å². The van der Waals surface area contributed by atoms with Gasteiger partial charge in [0, 0.05) is 0 Å². The number of hydrogen-bond donors (Lipinski definition) is 0. The maximum Gasteiger partial charge on any atom is 0.126 e. The second kappa shape index (κ2) is 6.18. The summed E-state index contributed by atoms with van der Waals surface area (Å²) in [6.07, 6.45) is 0. The Morgan fingerprint density at radius 2 is 1.42 bits per heavy atom. The largest absolute Gasteiger partial charge is 0.490 e. The maximum atomic E-state index is 13.0. The summed E-state index contributed by atoms with van der Waals surface area (Å²) in [5.41, 5.74) is 0.539. The molecule has 0 amide bonds. The lowest BCUT2D eigenvalue weighted by atomic mass is 10.2. The fourth-order valence-electron chi connectivity index (χ4n) is 1.56. The van der Waals surface area contributed by atoms with Gasteiger partial charge in [0.15, 0.2) is 0 Å². The van der Waals surface area contributed by atoms with Crippen LogP contribution in [0, 0.1) is 18.6 Å². The molecule has 0 aromatic heterocycles. The van der Waals surface area contributed by atoms with Crippen LogP contribution in [0.3, 0.4) is 0 Å². The summed E-state index contributed by atoms with van der Waals surface area (Å²) in [5.74, 6) is 0.627. The summed E-state index contributed by atoms with van der Waals surface area (Å²) in [6, 6.07) is 10.3. The molecule has 0 unspecified atom stereocenters. The van der Waals surface area contributed by atoms with E-state index in [1.807, 2.05) is 0 Å². The van der Waals surface area contributed by atoms with E-state index >= 15 is 0 Å². The number of aryl methyl sites for hydroxylation is 1. The summed E-state index contributed by atoms with van der Waals surface area (Å²) in [5, 5.41) is 0. The number of benzene rings is 2. The predicted molar refractivity (Wildman–Crippen MR) is 68.5 cm³/mol. The van der Waals surface area contributed by atoms with Crippen LogP contribution >= 0.6 is 0 Å². The van der Waals surface area contributed by atoms with E-state index in [4.69, 9.17) is 9.47 Å². The lowest BCUT2D eigenvalue weighted by molar-refractivity contribution is 0.217. The molecule has 0 aliphatic heterocycles. The van der Waals surface area contributed by atoms with Gasteiger partial charge in [0.25, 0.3) is 0 Å². The molecule has 100 valence electrons. The molecule has 0 atom stereocenters. The van der Waals surface area contributed by atoms with Gasteiger partial charge in [0.1, 0.15) is 36.3 Å². The highest BCUT2D eigenvalue weighted by Crippen LogP contribution is 2.16. The quantitative estimate of drug-likeness (QED) is 0.766. The van der Waals surface area contributed by atoms with Gasteiger partial charge in [-0.3, -0.25) is 0 Å². The van der Waals surface area contributed by atoms with E-state index < -0.39 is 0 Å². The first-order valence-corrected chi connectivity index (χ1v) is 5.92. The molecule has 0 N–H and O–H groups in total. The highest BCUT2D eigenvalue weighted by molar-refractivity contribution is 5.28. The van der Waals surface area contributed by atoms with Gasteiger partial charge in [0.05, 0.1) is 0 Å². The molecule has 19 heavy (non-hydrogen) atoms. The SMILES string of the molecule is Cc1cc(OCCOc2ccc(F)cc2)ccc1F. The Morgan fingerprint density at radius 3 is 2.05 bits per heavy atom. The average Bonchev–Trinajstić information content (AvgIpc) is 2.41. The highest BCUT2D eigenvalue weighted by atomic mass is 19.1. The van der Waals surface area contributed by atoms with E-state index in [1.54, 1.807) is 31.2 Å². The average molecular weight is 264 g/mol. The first-order chi connectivity index (χ1) is 9.15. The predicted octanol–water partition coefficient (Wildman–Crippen LogP) is 3.73. The number of rotatable bonds is 5. The lowest BCUT2D eigenvalue weighted by Crippen LogP contribution is -2.09. The Balaban J connectivity index is 1.77. The molecule has 0 bridgehead atoms. The Labute approximate surface area is 110 Å². The first kappa shape index (κ1) is 13.3. The van der Waals surface area contributed by atoms with Crippen LogP contribution in [-0.4, -0.2) is 13.2 Å². The summed E-state index contributed by atoms with van der Waals surface area (Å²) in [4.78, 5) is 0. The van der Waals surface area contributed by atoms with Crippen LogP contribution in [0.1, 0.15) is 5.56 Å². The minimum Gasteiger partial charge on any atom is -0.490 e. The van der Waals surface area contributed by atoms with E-state index in [-0.39, 0.29) is 11.6 Å². The third kappa shape index (κ3) is 3.95. The van der Waals surface area contributed by atoms with E-state index in [0.29, 0.717) is 30.3 Å². The lowest BCUT2D eigenvalue weighted by Gasteiger charge is -2.09. The molecule has 2 nitrogen and oxygen atoms in total. The molecule has 0 saturated heterocycles. The topological polar surface area (TPSA) is 18.5 Å². The highest BCUT2D eigenvalue weighted by Gasteiger charge is 2.00. The van der Waals surface area contributed by atoms with Gasteiger partial charge in [-0.1, -0.05) is 0 Å². The van der Waals surface area contributed by atoms with Crippen molar-refractivity contribution in [3.8, 4) is 11.5 Å². The van der Waals surface area contributed by atoms with E-state index in [1.165, 1.54) is 18.2 Å². The molecule has 4 heteroatoms. The molecule has 0 radical (unpaired) electrons. The summed E-state index contributed by atoms with van der Waals surface area (Å²) in [6.45, 7) is 2.35. The Bertz CT molecular complexity index is 538. The molecule has 0 fully saturated rings. The first-order valence-electron chi connectivity index (χ1n) is 5.92. The van der Waals surface area contributed by atoms with Crippen molar-refractivity contribution in [2.45, 2.75) is 6.92 Å². The van der Waals surface area contributed by atoms with Gasteiger partial charge in [-0.15, -0.1) is 0 Å². The third-order valence-electron chi connectivity index (χ3n) is 2.56. The third-order valence-corrected chi connectivity index (χ3v) is 2.56. The minimum atomic E-state index is -0.301. The van der Waals surface area contributed by atoms with E-state index in [9.17, 15) is 8.78 Å². The summed E-state index contributed by atoms with van der Waals surface area (Å²) >= 11 is 0. The zero-order valence-electron chi connectivity index (χ0n) is 10.5. The van der Waals surface area contributed by atoms with Crippen LogP contribution in [0.2, 0.25) is 0 Å². The standard InChI is InChI=1S/C15H14F2O2/c1-11-10-14(6-7-15(11)17)19-9-8-18-13-4-2-12(16)3-5-13/h2-7,10H,8-9H2,1H3. The van der Waals surface area contributed by atoms with Gasteiger partial charge in [-0.25, -0.2) is 8.78 Å². The number of ether oxygens (including phenoxy) is 2. The van der Waals surface area contributed by atoms with Crippen LogP contribution < -0.4 is 9.47 Å². The molecular formula is C15H14F2O2. The molecule has 0 aliphatic carbocycles. The van der Waals surface area contributed by atoms with Crippen LogP contribution in [0.15, 0.2) is 42.5 Å². The van der Waals surface area contributed by atoms with Crippen molar-refractivity contribution in [1.82, 2.24) is 0 Å². The zero-order chi connectivity index (χ0) is 13.7. The molecule has 0 aliphatic rings. The van der Waals surface area contributed by atoms with Crippen molar-refractivity contribution in [3.05, 3.63) is 59.7 Å². The Hall–Kier alpha value is -2.10. The van der Waals surface area contributed by atoms with Gasteiger partial charge in [-0.05, 0) is 55.0 Å². The van der Waals surface area contributed by atoms with Crippen LogP contribution in [-0.2, 0) is 0 Å². The molecule has 0 saturated carbocycles. The minimum absolute atomic E-state index is 0.255. The van der Waals surface area contributed by atoms with Gasteiger partial charge in [0.2, 0.25) is 0 Å². The Kier molecular flexibility index (Phi) is 4.34. The van der Waals surface area contributed by atoms with Crippen molar-refractivity contribution in [2.24, 2.45) is 0 Å². The van der Waals surface area contributed by atoms with E-state index in [2.05, 4.69) is 0 Å². The summed E-state index contributed by atoms with van der Waals surface area (Å²) in [7, 11) is 0. The zero-order valence-corrected chi connectivity index (χ0v) is 10.5. The fraction of sp³-hybridized carbons (Fsp3) is 0.200. The number of halogens is 2.